The van der Waals surface area contributed by atoms with E-state index >= 15 is 0 Å². The molecule has 3 aliphatic rings. The molecule has 0 aliphatic heterocycles. The van der Waals surface area contributed by atoms with Gasteiger partial charge in [0.2, 0.25) is 0 Å². The van der Waals surface area contributed by atoms with Gasteiger partial charge in [-0.25, -0.2) is 4.79 Å². The van der Waals surface area contributed by atoms with Gasteiger partial charge in [-0.2, -0.15) is 0 Å². The van der Waals surface area contributed by atoms with E-state index in [1.165, 1.54) is 38.2 Å². The van der Waals surface area contributed by atoms with Crippen molar-refractivity contribution >= 4 is 5.97 Å². The standard InChI is InChI=1S/C19H30O2/c1-5-17(20)21-15-8-6-7-13(11-15)16-12-14-9-10-19(16,4)18(14,2)3/h5,13-16H,1,6-12H2,2-4H3/t13-,14-,15+,16-,19+/m0/s1. The van der Waals surface area contributed by atoms with Crippen molar-refractivity contribution < 1.29 is 9.53 Å². The Morgan fingerprint density at radius 2 is 1.95 bits per heavy atom. The van der Waals surface area contributed by atoms with Gasteiger partial charge < -0.3 is 4.74 Å². The van der Waals surface area contributed by atoms with E-state index in [9.17, 15) is 4.79 Å². The molecular weight excluding hydrogens is 260 g/mol. The minimum Gasteiger partial charge on any atom is -0.459 e. The number of fused-ring (bicyclic) bond motifs is 2. The number of carbonyl (C=O) groups is 1. The number of ether oxygens (including phenoxy) is 1. The Morgan fingerprint density at radius 1 is 1.19 bits per heavy atom. The van der Waals surface area contributed by atoms with Gasteiger partial charge in [0.25, 0.3) is 0 Å². The van der Waals surface area contributed by atoms with Crippen molar-refractivity contribution in [3.05, 3.63) is 12.7 Å². The van der Waals surface area contributed by atoms with Crippen LogP contribution in [0, 0.1) is 28.6 Å². The maximum Gasteiger partial charge on any atom is 0.330 e. The Hall–Kier alpha value is -0.790. The normalized spacial score (nSPS) is 44.5. The van der Waals surface area contributed by atoms with E-state index in [1.54, 1.807) is 0 Å². The van der Waals surface area contributed by atoms with Crippen LogP contribution in [0.2, 0.25) is 0 Å². The summed E-state index contributed by atoms with van der Waals surface area (Å²) in [6.07, 6.45) is 10.3. The Morgan fingerprint density at radius 3 is 2.52 bits per heavy atom. The molecule has 0 unspecified atom stereocenters. The SMILES string of the molecule is C=CC(=O)O[C@@H]1CCC[C@H]([C@@H]2C[C@@H]3CC[C@@]2(C)C3(C)C)C1. The average Bonchev–Trinajstić information content (AvgIpc) is 2.80. The second-order valence-corrected chi connectivity index (χ2v) is 8.41. The van der Waals surface area contributed by atoms with Crippen molar-refractivity contribution in [2.24, 2.45) is 28.6 Å². The second kappa shape index (κ2) is 5.14. The van der Waals surface area contributed by atoms with Crippen LogP contribution < -0.4 is 0 Å². The van der Waals surface area contributed by atoms with Gasteiger partial charge >= 0.3 is 5.97 Å². The van der Waals surface area contributed by atoms with Gasteiger partial charge in [-0.05, 0) is 73.5 Å². The molecule has 3 rings (SSSR count). The van der Waals surface area contributed by atoms with Gasteiger partial charge in [-0.15, -0.1) is 0 Å². The molecular formula is C19H30O2. The van der Waals surface area contributed by atoms with Crippen molar-refractivity contribution in [1.82, 2.24) is 0 Å². The van der Waals surface area contributed by atoms with E-state index in [1.807, 2.05) is 0 Å². The molecule has 3 aliphatic carbocycles. The predicted octanol–water partition coefficient (Wildman–Crippen LogP) is 4.74. The van der Waals surface area contributed by atoms with Crippen molar-refractivity contribution in [2.45, 2.75) is 71.8 Å². The molecule has 0 radical (unpaired) electrons. The zero-order valence-corrected chi connectivity index (χ0v) is 13.9. The first-order chi connectivity index (χ1) is 9.88. The van der Waals surface area contributed by atoms with Gasteiger partial charge in [-0.3, -0.25) is 0 Å². The lowest BCUT2D eigenvalue weighted by atomic mass is 9.61. The van der Waals surface area contributed by atoms with Gasteiger partial charge in [-0.1, -0.05) is 27.4 Å². The van der Waals surface area contributed by atoms with Crippen LogP contribution >= 0.6 is 0 Å². The number of esters is 1. The Balaban J connectivity index is 1.70. The number of carbonyl (C=O) groups excluding carboxylic acids is 1. The molecule has 0 spiro atoms. The lowest BCUT2D eigenvalue weighted by Gasteiger charge is -2.45. The van der Waals surface area contributed by atoms with E-state index in [0.29, 0.717) is 10.8 Å². The van der Waals surface area contributed by atoms with Crippen LogP contribution in [0.25, 0.3) is 0 Å². The first-order valence-electron chi connectivity index (χ1n) is 8.71. The summed E-state index contributed by atoms with van der Waals surface area (Å²) in [4.78, 5) is 11.5. The Bertz CT molecular complexity index is 439. The van der Waals surface area contributed by atoms with Crippen LogP contribution in [0.5, 0.6) is 0 Å². The largest absolute Gasteiger partial charge is 0.459 e. The summed E-state index contributed by atoms with van der Waals surface area (Å²) >= 11 is 0. The Labute approximate surface area is 129 Å². The molecule has 0 aromatic carbocycles. The molecule has 0 aromatic heterocycles. The zero-order valence-electron chi connectivity index (χ0n) is 13.9. The molecule has 0 N–H and O–H groups in total. The number of rotatable bonds is 3. The maximum absolute atomic E-state index is 11.5. The van der Waals surface area contributed by atoms with Crippen molar-refractivity contribution in [3.63, 3.8) is 0 Å². The molecule has 2 nitrogen and oxygen atoms in total. The lowest BCUT2D eigenvalue weighted by Crippen LogP contribution is -2.38. The first kappa shape index (κ1) is 15.1. The van der Waals surface area contributed by atoms with E-state index in [-0.39, 0.29) is 12.1 Å². The highest BCUT2D eigenvalue weighted by atomic mass is 16.5. The first-order valence-corrected chi connectivity index (χ1v) is 8.71. The molecule has 2 heteroatoms. The molecule has 5 atom stereocenters. The van der Waals surface area contributed by atoms with E-state index in [0.717, 1.165) is 30.6 Å². The van der Waals surface area contributed by atoms with Gasteiger partial charge in [0.15, 0.2) is 0 Å². The summed E-state index contributed by atoms with van der Waals surface area (Å²) in [6, 6.07) is 0. The molecule has 0 saturated heterocycles. The summed E-state index contributed by atoms with van der Waals surface area (Å²) in [5, 5.41) is 0. The smallest absolute Gasteiger partial charge is 0.330 e. The summed E-state index contributed by atoms with van der Waals surface area (Å²) in [7, 11) is 0. The molecule has 0 heterocycles. The third kappa shape index (κ3) is 2.26. The Kier molecular flexibility index (Phi) is 3.70. The van der Waals surface area contributed by atoms with Crippen LogP contribution in [0.15, 0.2) is 12.7 Å². The highest BCUT2D eigenvalue weighted by Gasteiger charge is 2.62. The lowest BCUT2D eigenvalue weighted by molar-refractivity contribution is -0.146. The quantitative estimate of drug-likeness (QED) is 0.554. The van der Waals surface area contributed by atoms with E-state index < -0.39 is 0 Å². The van der Waals surface area contributed by atoms with Crippen LogP contribution in [0.1, 0.15) is 65.7 Å². The highest BCUT2D eigenvalue weighted by Crippen LogP contribution is 2.70. The highest BCUT2D eigenvalue weighted by molar-refractivity contribution is 5.81. The summed E-state index contributed by atoms with van der Waals surface area (Å²) in [6.45, 7) is 11.0. The second-order valence-electron chi connectivity index (χ2n) is 8.41. The van der Waals surface area contributed by atoms with Crippen molar-refractivity contribution in [2.75, 3.05) is 0 Å². The van der Waals surface area contributed by atoms with E-state index in [2.05, 4.69) is 27.4 Å². The molecule has 0 amide bonds. The van der Waals surface area contributed by atoms with Gasteiger partial charge in [0.05, 0.1) is 0 Å². The third-order valence-corrected chi connectivity index (χ3v) is 7.55. The zero-order chi connectivity index (χ0) is 15.3. The van der Waals surface area contributed by atoms with Gasteiger partial charge in [0, 0.05) is 6.08 Å². The molecule has 3 fully saturated rings. The maximum atomic E-state index is 11.5. The fraction of sp³-hybridized carbons (Fsp3) is 0.842. The topological polar surface area (TPSA) is 26.3 Å². The summed E-state index contributed by atoms with van der Waals surface area (Å²) in [5.74, 6) is 2.23. The molecule has 2 bridgehead atoms. The van der Waals surface area contributed by atoms with Crippen LogP contribution in [-0.4, -0.2) is 12.1 Å². The minimum absolute atomic E-state index is 0.125. The average molecular weight is 290 g/mol. The number of hydrogen-bond acceptors (Lipinski definition) is 2. The van der Waals surface area contributed by atoms with Crippen LogP contribution in [0.3, 0.4) is 0 Å². The van der Waals surface area contributed by atoms with Gasteiger partial charge in [0.1, 0.15) is 6.10 Å². The fourth-order valence-corrected chi connectivity index (χ4v) is 5.84. The van der Waals surface area contributed by atoms with Crippen molar-refractivity contribution in [3.8, 4) is 0 Å². The minimum atomic E-state index is -0.250. The molecule has 0 aromatic rings. The molecule has 21 heavy (non-hydrogen) atoms. The monoisotopic (exact) mass is 290 g/mol. The predicted molar refractivity (Wildman–Crippen MR) is 84.8 cm³/mol. The summed E-state index contributed by atoms with van der Waals surface area (Å²) in [5.41, 5.74) is 0.981. The molecule has 3 saturated carbocycles. The van der Waals surface area contributed by atoms with Crippen LogP contribution in [0.4, 0.5) is 0 Å². The van der Waals surface area contributed by atoms with Crippen LogP contribution in [-0.2, 0) is 9.53 Å². The molecule has 118 valence electrons. The summed E-state index contributed by atoms with van der Waals surface area (Å²) < 4.78 is 5.54. The van der Waals surface area contributed by atoms with Crippen molar-refractivity contribution in [1.29, 1.82) is 0 Å². The van der Waals surface area contributed by atoms with E-state index in [4.69, 9.17) is 4.74 Å². The number of hydrogen-bond donors (Lipinski definition) is 0. The fourth-order valence-electron chi connectivity index (χ4n) is 5.84. The third-order valence-electron chi connectivity index (χ3n) is 7.55.